The van der Waals surface area contributed by atoms with Crippen LogP contribution in [0.4, 0.5) is 10.2 Å². The number of hydrogen-bond acceptors (Lipinski definition) is 6. The van der Waals surface area contributed by atoms with Gasteiger partial charge in [-0.3, -0.25) is 9.59 Å². The molecule has 0 fully saturated rings. The topological polar surface area (TPSA) is 167 Å². The molecule has 4 aromatic rings. The van der Waals surface area contributed by atoms with E-state index in [0.29, 0.717) is 28.0 Å². The number of imidazole rings is 1. The first-order valence-electron chi connectivity index (χ1n) is 11.7. The van der Waals surface area contributed by atoms with E-state index in [9.17, 15) is 9.59 Å². The number of rotatable bonds is 7. The molecule has 1 aliphatic carbocycles. The van der Waals surface area contributed by atoms with Gasteiger partial charge in [-0.1, -0.05) is 60.2 Å². The highest BCUT2D eigenvalue weighted by atomic mass is 35.5. The molecular weight excluding hydrogens is 509 g/mol. The van der Waals surface area contributed by atoms with Crippen LogP contribution in [-0.4, -0.2) is 37.9 Å². The van der Waals surface area contributed by atoms with Crippen molar-refractivity contribution < 1.29 is 14.0 Å². The summed E-state index contributed by atoms with van der Waals surface area (Å²) in [5.74, 6) is -2.06. The molecule has 0 radical (unpaired) electrons. The number of amides is 2. The SMILES string of the molecule is NC(=O)C1=CC(F)C(C(N)=O)([C@H](Cc2ccccc2)c2nc(-c3ccc4c(N)ncnc4c3)c(Cl)[nH]2)C=C1. The van der Waals surface area contributed by atoms with Crippen molar-refractivity contribution in [3.05, 3.63) is 95.2 Å². The van der Waals surface area contributed by atoms with Crippen LogP contribution in [0.3, 0.4) is 0 Å². The number of benzene rings is 2. The molecular formula is C27H23ClFN7O2. The van der Waals surface area contributed by atoms with Crippen LogP contribution in [0.2, 0.25) is 5.15 Å². The van der Waals surface area contributed by atoms with Crippen molar-refractivity contribution in [2.75, 3.05) is 5.73 Å². The van der Waals surface area contributed by atoms with E-state index in [1.165, 1.54) is 18.5 Å². The number of nitrogens with two attached hydrogens (primary N) is 3. The number of hydrogen-bond donors (Lipinski definition) is 4. The van der Waals surface area contributed by atoms with Crippen LogP contribution in [0.5, 0.6) is 0 Å². The Morgan fingerprint density at radius 3 is 2.58 bits per heavy atom. The van der Waals surface area contributed by atoms with Crippen LogP contribution in [-0.2, 0) is 16.0 Å². The van der Waals surface area contributed by atoms with E-state index in [1.807, 2.05) is 30.3 Å². The van der Waals surface area contributed by atoms with E-state index in [0.717, 1.165) is 11.6 Å². The van der Waals surface area contributed by atoms with E-state index >= 15 is 4.39 Å². The molecule has 3 atom stereocenters. The van der Waals surface area contributed by atoms with Crippen molar-refractivity contribution >= 4 is 40.1 Å². The molecule has 0 saturated carbocycles. The standard InChI is InChI=1S/C27H23ClFN7O2/c28-22-21(15-6-7-17-19(11-15)33-13-34-23(17)30)35-25(36-22)18(10-14-4-2-1-3-5-14)27(26(32)38)9-8-16(24(31)37)12-20(27)29/h1-9,11-13,18,20H,10H2,(H2,31,37)(H2,32,38)(H,35,36)(H2,30,33,34)/t18-,20?,27?/m1/s1. The highest BCUT2D eigenvalue weighted by molar-refractivity contribution is 6.32. The molecule has 11 heteroatoms. The summed E-state index contributed by atoms with van der Waals surface area (Å²) in [7, 11) is 0. The van der Waals surface area contributed by atoms with E-state index in [2.05, 4.69) is 15.0 Å². The number of alkyl halides is 1. The third kappa shape index (κ3) is 4.28. The molecule has 2 aromatic heterocycles. The molecule has 0 aliphatic heterocycles. The fourth-order valence-corrected chi connectivity index (χ4v) is 5.07. The Bertz CT molecular complexity index is 1620. The Hall–Kier alpha value is -4.57. The number of H-pyrrole nitrogens is 1. The van der Waals surface area contributed by atoms with Gasteiger partial charge in [0.1, 0.15) is 40.4 Å². The van der Waals surface area contributed by atoms with Crippen LogP contribution >= 0.6 is 11.6 Å². The largest absolute Gasteiger partial charge is 0.383 e. The maximum Gasteiger partial charge on any atom is 0.248 e. The molecule has 2 heterocycles. The molecule has 9 nitrogen and oxygen atoms in total. The number of nitrogens with zero attached hydrogens (tertiary/aromatic N) is 3. The minimum atomic E-state index is -1.95. The number of primary amides is 2. The monoisotopic (exact) mass is 531 g/mol. The van der Waals surface area contributed by atoms with Gasteiger partial charge in [-0.15, -0.1) is 0 Å². The summed E-state index contributed by atoms with van der Waals surface area (Å²) in [5.41, 5.74) is 17.6. The Balaban J connectivity index is 1.65. The second-order valence-electron chi connectivity index (χ2n) is 9.04. The smallest absolute Gasteiger partial charge is 0.248 e. The molecule has 5 rings (SSSR count). The predicted molar refractivity (Wildman–Crippen MR) is 142 cm³/mol. The lowest BCUT2D eigenvalue weighted by atomic mass is 9.66. The molecule has 2 aromatic carbocycles. The predicted octanol–water partition coefficient (Wildman–Crippen LogP) is 3.37. The second-order valence-corrected chi connectivity index (χ2v) is 9.41. The van der Waals surface area contributed by atoms with Crippen molar-refractivity contribution in [1.29, 1.82) is 0 Å². The Labute approximate surface area is 221 Å². The van der Waals surface area contributed by atoms with Crippen molar-refractivity contribution in [1.82, 2.24) is 19.9 Å². The van der Waals surface area contributed by atoms with Crippen molar-refractivity contribution in [2.24, 2.45) is 16.9 Å². The average Bonchev–Trinajstić information content (AvgIpc) is 3.29. The quantitative estimate of drug-likeness (QED) is 0.285. The minimum absolute atomic E-state index is 0.0524. The van der Waals surface area contributed by atoms with Crippen molar-refractivity contribution in [3.63, 3.8) is 0 Å². The third-order valence-corrected chi connectivity index (χ3v) is 7.11. The molecule has 0 saturated heterocycles. The summed E-state index contributed by atoms with van der Waals surface area (Å²) in [5, 5.41) is 0.852. The number of halogens is 2. The summed E-state index contributed by atoms with van der Waals surface area (Å²) in [6.07, 6.45) is 3.24. The number of nitrogens with one attached hydrogen (secondary N) is 1. The van der Waals surface area contributed by atoms with E-state index in [-0.39, 0.29) is 23.0 Å². The average molecular weight is 532 g/mol. The zero-order chi connectivity index (χ0) is 27.0. The summed E-state index contributed by atoms with van der Waals surface area (Å²) < 4.78 is 15.9. The number of carbonyl (C=O) groups is 2. The van der Waals surface area contributed by atoms with Crippen LogP contribution in [0.1, 0.15) is 17.3 Å². The van der Waals surface area contributed by atoms with Gasteiger partial charge < -0.3 is 22.2 Å². The molecule has 1 aliphatic rings. The van der Waals surface area contributed by atoms with Gasteiger partial charge in [0, 0.05) is 22.4 Å². The molecule has 2 amide bonds. The summed E-state index contributed by atoms with van der Waals surface area (Å²) in [4.78, 5) is 40.7. The van der Waals surface area contributed by atoms with E-state index in [4.69, 9.17) is 33.8 Å². The number of allylic oxidation sites excluding steroid dienone is 1. The van der Waals surface area contributed by atoms with Crippen LogP contribution in [0, 0.1) is 5.41 Å². The van der Waals surface area contributed by atoms with Crippen LogP contribution in [0.25, 0.3) is 22.2 Å². The lowest BCUT2D eigenvalue weighted by molar-refractivity contribution is -0.129. The molecule has 2 unspecified atom stereocenters. The minimum Gasteiger partial charge on any atom is -0.383 e. The van der Waals surface area contributed by atoms with Gasteiger partial charge >= 0.3 is 0 Å². The number of aromatic nitrogens is 4. The number of aromatic amines is 1. The number of fused-ring (bicyclic) bond motifs is 1. The van der Waals surface area contributed by atoms with Crippen molar-refractivity contribution in [3.8, 4) is 11.3 Å². The fourth-order valence-electron chi connectivity index (χ4n) is 4.83. The summed E-state index contributed by atoms with van der Waals surface area (Å²) in [6.45, 7) is 0. The number of anilines is 1. The third-order valence-electron chi connectivity index (χ3n) is 6.84. The summed E-state index contributed by atoms with van der Waals surface area (Å²) >= 11 is 6.60. The van der Waals surface area contributed by atoms with Gasteiger partial charge in [-0.05, 0) is 30.2 Å². The summed E-state index contributed by atoms with van der Waals surface area (Å²) in [6, 6.07) is 14.5. The maximum atomic E-state index is 15.9. The van der Waals surface area contributed by atoms with E-state index < -0.39 is 29.3 Å². The van der Waals surface area contributed by atoms with Crippen LogP contribution < -0.4 is 17.2 Å². The Morgan fingerprint density at radius 2 is 1.89 bits per heavy atom. The highest BCUT2D eigenvalue weighted by Crippen LogP contribution is 2.47. The number of carbonyl (C=O) groups excluding carboxylic acids is 2. The van der Waals surface area contributed by atoms with Gasteiger partial charge in [0.15, 0.2) is 0 Å². The van der Waals surface area contributed by atoms with Gasteiger partial charge in [-0.2, -0.15) is 0 Å². The van der Waals surface area contributed by atoms with Gasteiger partial charge in [0.25, 0.3) is 0 Å². The van der Waals surface area contributed by atoms with Gasteiger partial charge in [0.05, 0.1) is 5.52 Å². The first-order valence-corrected chi connectivity index (χ1v) is 12.0. The lowest BCUT2D eigenvalue weighted by Crippen LogP contribution is -2.49. The normalized spacial score (nSPS) is 19.7. The Morgan fingerprint density at radius 1 is 1.13 bits per heavy atom. The molecule has 0 spiro atoms. The maximum absolute atomic E-state index is 15.9. The second kappa shape index (κ2) is 9.71. The molecule has 7 N–H and O–H groups in total. The Kier molecular flexibility index (Phi) is 6.41. The zero-order valence-electron chi connectivity index (χ0n) is 19.9. The first kappa shape index (κ1) is 25.1. The van der Waals surface area contributed by atoms with Crippen LogP contribution in [0.15, 0.2) is 78.7 Å². The van der Waals surface area contributed by atoms with Gasteiger partial charge in [-0.25, -0.2) is 19.3 Å². The highest BCUT2D eigenvalue weighted by Gasteiger charge is 2.52. The van der Waals surface area contributed by atoms with Gasteiger partial charge in [0.2, 0.25) is 11.8 Å². The van der Waals surface area contributed by atoms with Crippen molar-refractivity contribution in [2.45, 2.75) is 18.5 Å². The molecule has 38 heavy (non-hydrogen) atoms. The fraction of sp³-hybridized carbons (Fsp3) is 0.148. The zero-order valence-corrected chi connectivity index (χ0v) is 20.7. The molecule has 0 bridgehead atoms. The first-order chi connectivity index (χ1) is 18.2. The number of nitrogen functional groups attached to an aromatic ring is 1. The van der Waals surface area contributed by atoms with E-state index in [1.54, 1.807) is 18.2 Å². The lowest BCUT2D eigenvalue weighted by Gasteiger charge is -2.38. The molecule has 192 valence electrons.